The number of nitrogens with zero attached hydrogens (tertiary/aromatic N) is 1. The second-order valence-corrected chi connectivity index (χ2v) is 5.05. The van der Waals surface area contributed by atoms with Gasteiger partial charge in [-0.1, -0.05) is 29.8 Å². The van der Waals surface area contributed by atoms with Crippen molar-refractivity contribution in [2.45, 2.75) is 31.8 Å². The fraction of sp³-hybridized carbons (Fsp3) is 0.571. The monoisotopic (exact) mass is 219 g/mol. The molecule has 16 heavy (non-hydrogen) atoms. The van der Waals surface area contributed by atoms with E-state index >= 15 is 0 Å². The minimum Gasteiger partial charge on any atom is -0.385 e. The van der Waals surface area contributed by atoms with Crippen LogP contribution in [-0.2, 0) is 5.60 Å². The summed E-state index contributed by atoms with van der Waals surface area (Å²) in [7, 11) is 2.13. The number of aryl methyl sites for hydroxylation is 1. The summed E-state index contributed by atoms with van der Waals surface area (Å²) in [5.74, 6) is 0. The Kier molecular flexibility index (Phi) is 3.31. The predicted octanol–water partition coefficient (Wildman–Crippen LogP) is 2.30. The summed E-state index contributed by atoms with van der Waals surface area (Å²) in [6.45, 7) is 4.15. The zero-order valence-electron chi connectivity index (χ0n) is 10.2. The van der Waals surface area contributed by atoms with Crippen molar-refractivity contribution < 1.29 is 5.11 Å². The molecule has 2 rings (SSSR count). The fourth-order valence-corrected chi connectivity index (χ4v) is 2.41. The highest BCUT2D eigenvalue weighted by atomic mass is 16.3. The van der Waals surface area contributed by atoms with Crippen molar-refractivity contribution in [3.63, 3.8) is 0 Å². The van der Waals surface area contributed by atoms with Gasteiger partial charge in [0.2, 0.25) is 0 Å². The van der Waals surface area contributed by atoms with E-state index in [4.69, 9.17) is 0 Å². The molecule has 1 N–H and O–H groups in total. The van der Waals surface area contributed by atoms with Crippen molar-refractivity contribution in [1.29, 1.82) is 0 Å². The maximum Gasteiger partial charge on any atom is 0.0909 e. The number of likely N-dealkylation sites (tertiary alicyclic amines) is 1. The second-order valence-electron chi connectivity index (χ2n) is 5.05. The molecule has 1 aromatic rings. The minimum atomic E-state index is -0.613. The van der Waals surface area contributed by atoms with Crippen molar-refractivity contribution in [1.82, 2.24) is 4.90 Å². The molecule has 0 bridgehead atoms. The quantitative estimate of drug-likeness (QED) is 0.783. The van der Waals surface area contributed by atoms with E-state index in [1.165, 1.54) is 5.56 Å². The third-order valence-corrected chi connectivity index (χ3v) is 3.63. The average Bonchev–Trinajstić information content (AvgIpc) is 2.43. The van der Waals surface area contributed by atoms with Crippen LogP contribution in [0.25, 0.3) is 0 Å². The molecular weight excluding hydrogens is 198 g/mol. The first kappa shape index (κ1) is 11.6. The molecule has 1 saturated heterocycles. The first-order valence-corrected chi connectivity index (χ1v) is 6.08. The third-order valence-electron chi connectivity index (χ3n) is 3.63. The first-order chi connectivity index (χ1) is 7.60. The molecule has 0 spiro atoms. The second kappa shape index (κ2) is 4.56. The highest BCUT2D eigenvalue weighted by Crippen LogP contribution is 2.32. The zero-order chi connectivity index (χ0) is 11.6. The van der Waals surface area contributed by atoms with Crippen LogP contribution in [0.4, 0.5) is 0 Å². The van der Waals surface area contributed by atoms with Crippen LogP contribution in [0.1, 0.15) is 30.4 Å². The molecule has 88 valence electrons. The maximum absolute atomic E-state index is 10.7. The third kappa shape index (κ3) is 2.45. The van der Waals surface area contributed by atoms with E-state index in [2.05, 4.69) is 43.1 Å². The van der Waals surface area contributed by atoms with Gasteiger partial charge in [0.1, 0.15) is 0 Å². The highest BCUT2D eigenvalue weighted by Gasteiger charge is 2.30. The molecule has 0 saturated carbocycles. The lowest BCUT2D eigenvalue weighted by Crippen LogP contribution is -2.27. The van der Waals surface area contributed by atoms with Crippen LogP contribution in [0.3, 0.4) is 0 Å². The molecule has 1 aromatic carbocycles. The van der Waals surface area contributed by atoms with Gasteiger partial charge >= 0.3 is 0 Å². The Balaban J connectivity index is 2.20. The van der Waals surface area contributed by atoms with Crippen molar-refractivity contribution in [3.8, 4) is 0 Å². The van der Waals surface area contributed by atoms with Gasteiger partial charge in [-0.2, -0.15) is 0 Å². The van der Waals surface area contributed by atoms with Crippen LogP contribution < -0.4 is 0 Å². The van der Waals surface area contributed by atoms with Gasteiger partial charge in [0, 0.05) is 6.54 Å². The van der Waals surface area contributed by atoms with Crippen LogP contribution in [0.15, 0.2) is 24.3 Å². The highest BCUT2D eigenvalue weighted by molar-refractivity contribution is 5.26. The Morgan fingerprint density at radius 1 is 1.12 bits per heavy atom. The van der Waals surface area contributed by atoms with Crippen molar-refractivity contribution in [3.05, 3.63) is 35.4 Å². The van der Waals surface area contributed by atoms with Gasteiger partial charge in [0.15, 0.2) is 0 Å². The van der Waals surface area contributed by atoms with E-state index in [1.54, 1.807) is 0 Å². The minimum absolute atomic E-state index is 0.613. The van der Waals surface area contributed by atoms with E-state index < -0.39 is 5.60 Å². The molecule has 0 amide bonds. The van der Waals surface area contributed by atoms with Crippen LogP contribution in [0, 0.1) is 6.92 Å². The van der Waals surface area contributed by atoms with E-state index in [0.717, 1.165) is 37.9 Å². The number of aliphatic hydroxyl groups is 1. The van der Waals surface area contributed by atoms with Gasteiger partial charge in [-0.15, -0.1) is 0 Å². The van der Waals surface area contributed by atoms with Crippen LogP contribution in [-0.4, -0.2) is 30.1 Å². The molecule has 0 radical (unpaired) electrons. The zero-order valence-corrected chi connectivity index (χ0v) is 10.2. The summed E-state index contributed by atoms with van der Waals surface area (Å²) in [6, 6.07) is 8.31. The fourth-order valence-electron chi connectivity index (χ4n) is 2.41. The summed E-state index contributed by atoms with van der Waals surface area (Å²) in [4.78, 5) is 2.30. The average molecular weight is 219 g/mol. The molecule has 1 unspecified atom stereocenters. The summed E-state index contributed by atoms with van der Waals surface area (Å²) in [6.07, 6.45) is 2.79. The van der Waals surface area contributed by atoms with Crippen LogP contribution >= 0.6 is 0 Å². The molecule has 0 aliphatic carbocycles. The Labute approximate surface area is 97.9 Å². The van der Waals surface area contributed by atoms with Gasteiger partial charge in [-0.25, -0.2) is 0 Å². The molecule has 1 aliphatic rings. The molecule has 2 nitrogen and oxygen atoms in total. The Bertz CT molecular complexity index is 346. The summed E-state index contributed by atoms with van der Waals surface area (Å²) >= 11 is 0. The Morgan fingerprint density at radius 3 is 2.50 bits per heavy atom. The number of hydrogen-bond donors (Lipinski definition) is 1. The molecule has 1 atom stereocenters. The van der Waals surface area contributed by atoms with Gasteiger partial charge in [-0.05, 0) is 45.3 Å². The van der Waals surface area contributed by atoms with Gasteiger partial charge in [-0.3, -0.25) is 0 Å². The smallest absolute Gasteiger partial charge is 0.0909 e. The van der Waals surface area contributed by atoms with Gasteiger partial charge in [0.25, 0.3) is 0 Å². The summed E-state index contributed by atoms with van der Waals surface area (Å²) < 4.78 is 0. The number of benzene rings is 1. The predicted molar refractivity (Wildman–Crippen MR) is 66.4 cm³/mol. The first-order valence-electron chi connectivity index (χ1n) is 6.08. The molecular formula is C14H21NO. The summed E-state index contributed by atoms with van der Waals surface area (Å²) in [5, 5.41) is 10.7. The summed E-state index contributed by atoms with van der Waals surface area (Å²) in [5.41, 5.74) is 1.71. The van der Waals surface area contributed by atoms with Crippen LogP contribution in [0.2, 0.25) is 0 Å². The topological polar surface area (TPSA) is 23.5 Å². The molecule has 1 aliphatic heterocycles. The van der Waals surface area contributed by atoms with Gasteiger partial charge < -0.3 is 10.0 Å². The lowest BCUT2D eigenvalue weighted by Gasteiger charge is -2.27. The van der Waals surface area contributed by atoms with E-state index in [0.29, 0.717) is 0 Å². The number of hydrogen-bond acceptors (Lipinski definition) is 2. The van der Waals surface area contributed by atoms with Gasteiger partial charge in [0.05, 0.1) is 5.60 Å². The van der Waals surface area contributed by atoms with E-state index in [-0.39, 0.29) is 0 Å². The standard InChI is InChI=1S/C14H21NO/c1-12-4-6-13(7-5-12)14(16)8-3-10-15(2)11-9-14/h4-7,16H,3,8-11H2,1-2H3. The Morgan fingerprint density at radius 2 is 1.81 bits per heavy atom. The van der Waals surface area contributed by atoms with E-state index in [1.807, 2.05) is 0 Å². The Hall–Kier alpha value is -0.860. The molecule has 0 aromatic heterocycles. The van der Waals surface area contributed by atoms with Crippen molar-refractivity contribution in [2.24, 2.45) is 0 Å². The molecule has 1 heterocycles. The maximum atomic E-state index is 10.7. The lowest BCUT2D eigenvalue weighted by molar-refractivity contribution is 0.0218. The van der Waals surface area contributed by atoms with E-state index in [9.17, 15) is 5.11 Å². The van der Waals surface area contributed by atoms with Crippen molar-refractivity contribution >= 4 is 0 Å². The molecule has 1 fully saturated rings. The SMILES string of the molecule is Cc1ccc(C2(O)CCCN(C)CC2)cc1. The lowest BCUT2D eigenvalue weighted by atomic mass is 9.86. The number of rotatable bonds is 1. The van der Waals surface area contributed by atoms with Crippen LogP contribution in [0.5, 0.6) is 0 Å². The normalized spacial score (nSPS) is 27.7. The largest absolute Gasteiger partial charge is 0.385 e. The molecule has 2 heteroatoms. The van der Waals surface area contributed by atoms with Crippen molar-refractivity contribution in [2.75, 3.05) is 20.1 Å².